The molecule has 0 aliphatic carbocycles. The molecule has 190 valence electrons. The van der Waals surface area contributed by atoms with Crippen LogP contribution in [-0.2, 0) is 20.9 Å². The highest BCUT2D eigenvalue weighted by atomic mass is 16.6. The first-order valence-corrected chi connectivity index (χ1v) is 11.6. The van der Waals surface area contributed by atoms with E-state index in [0.29, 0.717) is 29.0 Å². The summed E-state index contributed by atoms with van der Waals surface area (Å²) in [6, 6.07) is 19.4. The van der Waals surface area contributed by atoms with E-state index in [1.54, 1.807) is 31.2 Å². The van der Waals surface area contributed by atoms with Crippen molar-refractivity contribution in [2.24, 2.45) is 0 Å². The van der Waals surface area contributed by atoms with Gasteiger partial charge in [-0.25, -0.2) is 0 Å². The molecule has 1 atom stereocenters. The van der Waals surface area contributed by atoms with Crippen LogP contribution in [0.5, 0.6) is 5.75 Å². The van der Waals surface area contributed by atoms with Crippen molar-refractivity contribution in [1.29, 1.82) is 0 Å². The quantitative estimate of drug-likeness (QED) is 0.150. The first-order chi connectivity index (χ1) is 17.8. The number of hydrogen-bond donors (Lipinski definition) is 1. The average Bonchev–Trinajstić information content (AvgIpc) is 3.16. The Morgan fingerprint density at radius 1 is 1.05 bits per heavy atom. The molecule has 3 aromatic rings. The molecule has 37 heavy (non-hydrogen) atoms. The molecule has 1 aliphatic rings. The molecule has 0 aromatic heterocycles. The Bertz CT molecular complexity index is 1370. The van der Waals surface area contributed by atoms with Crippen molar-refractivity contribution in [3.05, 3.63) is 111 Å². The largest absolute Gasteiger partial charge is 0.507 e. The van der Waals surface area contributed by atoms with Crippen LogP contribution in [0.15, 0.2) is 78.4 Å². The van der Waals surface area contributed by atoms with E-state index in [2.05, 4.69) is 0 Å². The Kier molecular flexibility index (Phi) is 7.64. The number of likely N-dealkylation sites (tertiary alicyclic amines) is 1. The summed E-state index contributed by atoms with van der Waals surface area (Å²) in [6.07, 6.45) is 0. The maximum Gasteiger partial charge on any atom is 0.295 e. The first-order valence-electron chi connectivity index (χ1n) is 11.6. The van der Waals surface area contributed by atoms with E-state index in [0.717, 1.165) is 5.56 Å². The number of rotatable bonds is 9. The third kappa shape index (κ3) is 5.36. The molecule has 0 saturated carbocycles. The molecule has 9 heteroatoms. The zero-order valence-corrected chi connectivity index (χ0v) is 20.4. The summed E-state index contributed by atoms with van der Waals surface area (Å²) in [7, 11) is 1.46. The average molecular weight is 503 g/mol. The van der Waals surface area contributed by atoms with Gasteiger partial charge < -0.3 is 19.5 Å². The highest BCUT2D eigenvalue weighted by Gasteiger charge is 2.46. The van der Waals surface area contributed by atoms with E-state index >= 15 is 0 Å². The number of benzene rings is 3. The number of ether oxygens (including phenoxy) is 2. The summed E-state index contributed by atoms with van der Waals surface area (Å²) in [6.45, 7) is 2.33. The molecule has 1 unspecified atom stereocenters. The number of carbonyl (C=O) groups is 2. The molecule has 4 rings (SSSR count). The second-order valence-electron chi connectivity index (χ2n) is 8.59. The molecule has 1 N–H and O–H groups in total. The molecule has 0 spiro atoms. The summed E-state index contributed by atoms with van der Waals surface area (Å²) in [5.74, 6) is -1.46. The van der Waals surface area contributed by atoms with Gasteiger partial charge in [-0.15, -0.1) is 0 Å². The number of ketones is 1. The number of non-ortho nitro benzene ring substituents is 1. The van der Waals surface area contributed by atoms with Gasteiger partial charge in [0.2, 0.25) is 0 Å². The Balaban J connectivity index is 1.73. The van der Waals surface area contributed by atoms with Crippen molar-refractivity contribution in [3.63, 3.8) is 0 Å². The van der Waals surface area contributed by atoms with Gasteiger partial charge >= 0.3 is 0 Å². The number of nitrogens with zero attached hydrogens (tertiary/aromatic N) is 2. The van der Waals surface area contributed by atoms with Gasteiger partial charge in [-0.05, 0) is 41.8 Å². The standard InChI is InChI=1S/C28H26N2O7/c1-18-15-22(37-17-19-7-4-3-5-8-19)11-12-23(18)26(31)24-25(20-9-6-10-21(16-20)30(34)35)29(13-14-36-2)28(33)27(24)32/h3-12,15-16,25,31H,13-14,17H2,1-2H3/b26-24+. The zero-order chi connectivity index (χ0) is 26.5. The van der Waals surface area contributed by atoms with E-state index in [1.165, 1.54) is 30.2 Å². The summed E-state index contributed by atoms with van der Waals surface area (Å²) >= 11 is 0. The van der Waals surface area contributed by atoms with Crippen LogP contribution in [0.4, 0.5) is 5.69 Å². The minimum absolute atomic E-state index is 0.0659. The van der Waals surface area contributed by atoms with Crippen LogP contribution in [0.25, 0.3) is 5.76 Å². The molecule has 0 radical (unpaired) electrons. The Labute approximate surface area is 213 Å². The number of nitro groups is 1. The van der Waals surface area contributed by atoms with Gasteiger partial charge in [-0.3, -0.25) is 19.7 Å². The summed E-state index contributed by atoms with van der Waals surface area (Å²) < 4.78 is 10.9. The highest BCUT2D eigenvalue weighted by Crippen LogP contribution is 2.40. The number of carbonyl (C=O) groups excluding carboxylic acids is 2. The summed E-state index contributed by atoms with van der Waals surface area (Å²) in [5, 5.41) is 22.7. The van der Waals surface area contributed by atoms with Gasteiger partial charge in [-0.1, -0.05) is 42.5 Å². The molecule has 1 heterocycles. The lowest BCUT2D eigenvalue weighted by molar-refractivity contribution is -0.384. The lowest BCUT2D eigenvalue weighted by Gasteiger charge is -2.25. The Morgan fingerprint density at radius 3 is 2.49 bits per heavy atom. The van der Waals surface area contributed by atoms with Gasteiger partial charge in [0.25, 0.3) is 17.4 Å². The van der Waals surface area contributed by atoms with E-state index in [1.807, 2.05) is 30.3 Å². The fourth-order valence-electron chi connectivity index (χ4n) is 4.33. The van der Waals surface area contributed by atoms with Crippen LogP contribution in [-0.4, -0.2) is 46.9 Å². The predicted molar refractivity (Wildman–Crippen MR) is 136 cm³/mol. The second-order valence-corrected chi connectivity index (χ2v) is 8.59. The SMILES string of the molecule is COCCN1C(=O)C(=O)/C(=C(/O)c2ccc(OCc3ccccc3)cc2C)C1c1cccc([N+](=O)[O-])c1. The van der Waals surface area contributed by atoms with Gasteiger partial charge in [-0.2, -0.15) is 0 Å². The predicted octanol–water partition coefficient (Wildman–Crippen LogP) is 4.55. The van der Waals surface area contributed by atoms with Crippen molar-refractivity contribution >= 4 is 23.1 Å². The number of methoxy groups -OCH3 is 1. The third-order valence-electron chi connectivity index (χ3n) is 6.17. The van der Waals surface area contributed by atoms with Crippen molar-refractivity contribution in [1.82, 2.24) is 4.90 Å². The van der Waals surface area contributed by atoms with Gasteiger partial charge in [0.15, 0.2) is 0 Å². The Hall–Kier alpha value is -4.50. The molecular weight excluding hydrogens is 476 g/mol. The molecular formula is C28H26N2O7. The maximum absolute atomic E-state index is 13.1. The van der Waals surface area contributed by atoms with E-state index in [4.69, 9.17) is 9.47 Å². The van der Waals surface area contributed by atoms with E-state index < -0.39 is 22.7 Å². The van der Waals surface area contributed by atoms with Gasteiger partial charge in [0.1, 0.15) is 18.1 Å². The molecule has 1 aliphatic heterocycles. The number of aryl methyl sites for hydroxylation is 1. The monoisotopic (exact) mass is 502 g/mol. The normalized spacial score (nSPS) is 16.7. The van der Waals surface area contributed by atoms with Crippen molar-refractivity contribution in [3.8, 4) is 5.75 Å². The van der Waals surface area contributed by atoms with Crippen LogP contribution in [0.1, 0.15) is 28.3 Å². The second kappa shape index (κ2) is 11.0. The van der Waals surface area contributed by atoms with Crippen molar-refractivity contribution in [2.45, 2.75) is 19.6 Å². The number of aliphatic hydroxyl groups is 1. The third-order valence-corrected chi connectivity index (χ3v) is 6.17. The van der Waals surface area contributed by atoms with Gasteiger partial charge in [0.05, 0.1) is 23.1 Å². The van der Waals surface area contributed by atoms with Crippen LogP contribution in [0.3, 0.4) is 0 Å². The molecule has 1 saturated heterocycles. The van der Waals surface area contributed by atoms with Crippen LogP contribution in [0.2, 0.25) is 0 Å². The summed E-state index contributed by atoms with van der Waals surface area (Å²) in [4.78, 5) is 38.2. The smallest absolute Gasteiger partial charge is 0.295 e. The molecule has 9 nitrogen and oxygen atoms in total. The number of nitro benzene ring substituents is 1. The van der Waals surface area contributed by atoms with Crippen LogP contribution in [0, 0.1) is 17.0 Å². The van der Waals surface area contributed by atoms with E-state index in [-0.39, 0.29) is 30.2 Å². The Morgan fingerprint density at radius 2 is 1.81 bits per heavy atom. The molecule has 0 bridgehead atoms. The number of aliphatic hydroxyl groups excluding tert-OH is 1. The lowest BCUT2D eigenvalue weighted by atomic mass is 9.93. The van der Waals surface area contributed by atoms with Crippen LogP contribution >= 0.6 is 0 Å². The first kappa shape index (κ1) is 25.6. The topological polar surface area (TPSA) is 119 Å². The fourth-order valence-corrected chi connectivity index (χ4v) is 4.33. The van der Waals surface area contributed by atoms with Crippen molar-refractivity contribution in [2.75, 3.05) is 20.3 Å². The zero-order valence-electron chi connectivity index (χ0n) is 20.4. The molecule has 1 amide bonds. The molecule has 1 fully saturated rings. The number of Topliss-reactive ketones (excluding diaryl/α,β-unsaturated/α-hetero) is 1. The van der Waals surface area contributed by atoms with Crippen LogP contribution < -0.4 is 4.74 Å². The van der Waals surface area contributed by atoms with Crippen molar-refractivity contribution < 1.29 is 29.1 Å². The minimum atomic E-state index is -1.01. The summed E-state index contributed by atoms with van der Waals surface area (Å²) in [5.41, 5.74) is 2.00. The van der Waals surface area contributed by atoms with E-state index in [9.17, 15) is 24.8 Å². The molecule has 3 aromatic carbocycles. The minimum Gasteiger partial charge on any atom is -0.507 e. The lowest BCUT2D eigenvalue weighted by Crippen LogP contribution is -2.32. The number of amides is 1. The highest BCUT2D eigenvalue weighted by molar-refractivity contribution is 6.46. The fraction of sp³-hybridized carbons (Fsp3) is 0.214. The van der Waals surface area contributed by atoms with Gasteiger partial charge in [0, 0.05) is 31.4 Å². The maximum atomic E-state index is 13.1. The number of hydrogen-bond acceptors (Lipinski definition) is 7.